The Morgan fingerprint density at radius 2 is 2.33 bits per heavy atom. The van der Waals surface area contributed by atoms with Crippen LogP contribution < -0.4 is 0 Å². The highest BCUT2D eigenvalue weighted by molar-refractivity contribution is 9.09. The molecule has 1 aliphatic rings. The van der Waals surface area contributed by atoms with Crippen molar-refractivity contribution in [3.05, 3.63) is 30.1 Å². The monoisotopic (exact) mass is 267 g/mol. The van der Waals surface area contributed by atoms with Gasteiger partial charge in [-0.25, -0.2) is 0 Å². The van der Waals surface area contributed by atoms with Gasteiger partial charge in [-0.05, 0) is 30.4 Å². The topological polar surface area (TPSA) is 12.9 Å². The van der Waals surface area contributed by atoms with Crippen molar-refractivity contribution in [2.24, 2.45) is 11.8 Å². The lowest BCUT2D eigenvalue weighted by Crippen LogP contribution is -2.19. The van der Waals surface area contributed by atoms with Gasteiger partial charge >= 0.3 is 0 Å². The van der Waals surface area contributed by atoms with Crippen LogP contribution >= 0.6 is 15.9 Å². The summed E-state index contributed by atoms with van der Waals surface area (Å²) in [5.41, 5.74) is 1.21. The third kappa shape index (κ3) is 2.81. The first kappa shape index (κ1) is 11.1. The Bertz CT molecular complexity index is 299. The predicted molar refractivity (Wildman–Crippen MR) is 67.2 cm³/mol. The van der Waals surface area contributed by atoms with Gasteiger partial charge in [-0.3, -0.25) is 4.98 Å². The fraction of sp³-hybridized carbons (Fsp3) is 0.615. The molecule has 0 amide bonds. The maximum absolute atomic E-state index is 4.39. The molecule has 15 heavy (non-hydrogen) atoms. The Balaban J connectivity index is 1.94. The van der Waals surface area contributed by atoms with Crippen LogP contribution in [0.15, 0.2) is 24.4 Å². The summed E-state index contributed by atoms with van der Waals surface area (Å²) in [6.07, 6.45) is 7.12. The van der Waals surface area contributed by atoms with Crippen LogP contribution in [0, 0.1) is 11.8 Å². The lowest BCUT2D eigenvalue weighted by atomic mass is 9.92. The molecule has 1 nitrogen and oxygen atoms in total. The molecule has 1 aliphatic carbocycles. The zero-order valence-electron chi connectivity index (χ0n) is 9.20. The number of rotatable bonds is 3. The third-order valence-corrected chi connectivity index (χ3v) is 4.53. The second-order valence-electron chi connectivity index (χ2n) is 4.61. The molecule has 0 spiro atoms. The van der Waals surface area contributed by atoms with Crippen LogP contribution in [-0.4, -0.2) is 9.81 Å². The van der Waals surface area contributed by atoms with Gasteiger partial charge in [0.15, 0.2) is 0 Å². The molecule has 2 rings (SSSR count). The summed E-state index contributed by atoms with van der Waals surface area (Å²) in [5, 5.41) is 0. The lowest BCUT2D eigenvalue weighted by Gasteiger charge is -2.21. The summed E-state index contributed by atoms with van der Waals surface area (Å²) in [4.78, 5) is 4.99. The minimum atomic E-state index is 0.602. The summed E-state index contributed by atoms with van der Waals surface area (Å²) in [6, 6.07) is 6.17. The van der Waals surface area contributed by atoms with Gasteiger partial charge in [0, 0.05) is 23.1 Å². The van der Waals surface area contributed by atoms with Crippen molar-refractivity contribution >= 4 is 15.9 Å². The molecule has 0 aliphatic heterocycles. The Kier molecular flexibility index (Phi) is 3.79. The summed E-state index contributed by atoms with van der Waals surface area (Å²) >= 11 is 3.84. The summed E-state index contributed by atoms with van der Waals surface area (Å²) in [6.45, 7) is 2.38. The summed E-state index contributed by atoms with van der Waals surface area (Å²) in [5.74, 6) is 1.71. The van der Waals surface area contributed by atoms with E-state index in [9.17, 15) is 0 Å². The van der Waals surface area contributed by atoms with Gasteiger partial charge in [0.2, 0.25) is 0 Å². The average Bonchev–Trinajstić information content (AvgIpc) is 2.66. The van der Waals surface area contributed by atoms with E-state index in [0.29, 0.717) is 4.83 Å². The molecular formula is C13H18BrN. The minimum absolute atomic E-state index is 0.602. The van der Waals surface area contributed by atoms with Crippen molar-refractivity contribution in [1.29, 1.82) is 0 Å². The van der Waals surface area contributed by atoms with Gasteiger partial charge in [-0.15, -0.1) is 0 Å². The van der Waals surface area contributed by atoms with E-state index in [1.807, 2.05) is 12.3 Å². The molecule has 0 bridgehead atoms. The van der Waals surface area contributed by atoms with Crippen molar-refractivity contribution in [3.63, 3.8) is 0 Å². The van der Waals surface area contributed by atoms with Crippen LogP contribution in [0.1, 0.15) is 31.9 Å². The van der Waals surface area contributed by atoms with Gasteiger partial charge in [-0.2, -0.15) is 0 Å². The molecule has 3 unspecified atom stereocenters. The fourth-order valence-electron chi connectivity index (χ4n) is 2.58. The zero-order chi connectivity index (χ0) is 10.7. The Morgan fingerprint density at radius 1 is 1.47 bits per heavy atom. The third-order valence-electron chi connectivity index (χ3n) is 3.52. The number of halogens is 1. The number of nitrogens with zero attached hydrogens (tertiary/aromatic N) is 1. The molecule has 1 aromatic rings. The van der Waals surface area contributed by atoms with Crippen LogP contribution in [0.25, 0.3) is 0 Å². The fourth-order valence-corrected chi connectivity index (χ4v) is 3.70. The average molecular weight is 268 g/mol. The molecule has 1 saturated carbocycles. The van der Waals surface area contributed by atoms with E-state index >= 15 is 0 Å². The van der Waals surface area contributed by atoms with Crippen LogP contribution in [0.2, 0.25) is 0 Å². The van der Waals surface area contributed by atoms with E-state index in [1.165, 1.54) is 25.0 Å². The SMILES string of the molecule is CC1CCCC1C(Br)Cc1ccccn1. The molecular weight excluding hydrogens is 250 g/mol. The van der Waals surface area contributed by atoms with E-state index in [-0.39, 0.29) is 0 Å². The number of pyridine rings is 1. The predicted octanol–water partition coefficient (Wildman–Crippen LogP) is 3.82. The summed E-state index contributed by atoms with van der Waals surface area (Å²) < 4.78 is 0. The smallest absolute Gasteiger partial charge is 0.0414 e. The van der Waals surface area contributed by atoms with Crippen LogP contribution in [0.3, 0.4) is 0 Å². The van der Waals surface area contributed by atoms with E-state index < -0.39 is 0 Å². The van der Waals surface area contributed by atoms with E-state index in [2.05, 4.69) is 40.0 Å². The Labute approximate surface area is 100 Å². The number of hydrogen-bond donors (Lipinski definition) is 0. The molecule has 2 heteroatoms. The Hall–Kier alpha value is -0.370. The van der Waals surface area contributed by atoms with Crippen molar-refractivity contribution in [3.8, 4) is 0 Å². The maximum atomic E-state index is 4.39. The van der Waals surface area contributed by atoms with Crippen molar-refractivity contribution < 1.29 is 0 Å². The molecule has 0 N–H and O–H groups in total. The van der Waals surface area contributed by atoms with Crippen LogP contribution in [-0.2, 0) is 6.42 Å². The van der Waals surface area contributed by atoms with Gasteiger partial charge < -0.3 is 0 Å². The van der Waals surface area contributed by atoms with Crippen LogP contribution in [0.4, 0.5) is 0 Å². The molecule has 1 heterocycles. The van der Waals surface area contributed by atoms with Crippen molar-refractivity contribution in [1.82, 2.24) is 4.98 Å². The first-order valence-electron chi connectivity index (χ1n) is 5.81. The highest BCUT2D eigenvalue weighted by Crippen LogP contribution is 2.37. The molecule has 0 aromatic carbocycles. The van der Waals surface area contributed by atoms with E-state index in [0.717, 1.165) is 18.3 Å². The molecule has 82 valence electrons. The van der Waals surface area contributed by atoms with Gasteiger partial charge in [0.05, 0.1) is 0 Å². The van der Waals surface area contributed by atoms with Gasteiger partial charge in [0.1, 0.15) is 0 Å². The first-order chi connectivity index (χ1) is 7.27. The van der Waals surface area contributed by atoms with Crippen molar-refractivity contribution in [2.75, 3.05) is 0 Å². The second-order valence-corrected chi connectivity index (χ2v) is 5.79. The first-order valence-corrected chi connectivity index (χ1v) is 6.73. The quantitative estimate of drug-likeness (QED) is 0.759. The molecule has 1 aromatic heterocycles. The Morgan fingerprint density at radius 3 is 2.93 bits per heavy atom. The number of hydrogen-bond acceptors (Lipinski definition) is 1. The standard InChI is InChI=1S/C13H18BrN/c1-10-5-4-7-12(10)13(14)9-11-6-2-3-8-15-11/h2-3,6,8,10,12-13H,4-5,7,9H2,1H3. The molecule has 0 saturated heterocycles. The van der Waals surface area contributed by atoms with Crippen molar-refractivity contribution in [2.45, 2.75) is 37.4 Å². The van der Waals surface area contributed by atoms with Gasteiger partial charge in [-0.1, -0.05) is 41.8 Å². The normalized spacial score (nSPS) is 27.9. The minimum Gasteiger partial charge on any atom is -0.261 e. The zero-order valence-corrected chi connectivity index (χ0v) is 10.8. The molecule has 1 fully saturated rings. The highest BCUT2D eigenvalue weighted by Gasteiger charge is 2.29. The second kappa shape index (κ2) is 5.11. The number of aromatic nitrogens is 1. The lowest BCUT2D eigenvalue weighted by molar-refractivity contribution is 0.406. The van der Waals surface area contributed by atoms with Gasteiger partial charge in [0.25, 0.3) is 0 Å². The van der Waals surface area contributed by atoms with E-state index in [1.54, 1.807) is 0 Å². The molecule has 3 atom stereocenters. The summed E-state index contributed by atoms with van der Waals surface area (Å²) in [7, 11) is 0. The van der Waals surface area contributed by atoms with Crippen LogP contribution in [0.5, 0.6) is 0 Å². The highest BCUT2D eigenvalue weighted by atomic mass is 79.9. The van der Waals surface area contributed by atoms with E-state index in [4.69, 9.17) is 0 Å². The largest absolute Gasteiger partial charge is 0.261 e. The number of alkyl halides is 1. The molecule has 0 radical (unpaired) electrons. The maximum Gasteiger partial charge on any atom is 0.0414 e.